The Morgan fingerprint density at radius 3 is 2.43 bits per heavy atom. The van der Waals surface area contributed by atoms with Gasteiger partial charge in [-0.05, 0) is 12.8 Å². The molecule has 2 fully saturated rings. The fourth-order valence-corrected chi connectivity index (χ4v) is 4.88. The molecule has 2 aliphatic rings. The van der Waals surface area contributed by atoms with Gasteiger partial charge in [0.15, 0.2) is 0 Å². The highest BCUT2D eigenvalue weighted by atomic mass is 32.2. The van der Waals surface area contributed by atoms with E-state index < -0.39 is 0 Å². The maximum Gasteiger partial charge on any atom is 0.315 e. The minimum absolute atomic E-state index is 0.0276. The SMILES string of the molecule is NOCC(=O)NCCOCCOCCNC(=O)CCCCC1SC[C@@H]2NC(=O)N[C@H]12. The molecular formula is C18H33N5O6S. The number of rotatable bonds is 16. The summed E-state index contributed by atoms with van der Waals surface area (Å²) < 4.78 is 10.7. The Hall–Kier alpha value is -1.60. The maximum atomic E-state index is 11.9. The Morgan fingerprint density at radius 1 is 1.03 bits per heavy atom. The van der Waals surface area contributed by atoms with Crippen molar-refractivity contribution in [2.45, 2.75) is 43.0 Å². The van der Waals surface area contributed by atoms with Gasteiger partial charge in [-0.2, -0.15) is 11.8 Å². The third-order valence-electron chi connectivity index (χ3n) is 4.80. The van der Waals surface area contributed by atoms with Crippen LogP contribution in [0.3, 0.4) is 0 Å². The van der Waals surface area contributed by atoms with E-state index in [0.717, 1.165) is 25.0 Å². The van der Waals surface area contributed by atoms with Gasteiger partial charge in [0.1, 0.15) is 6.61 Å². The summed E-state index contributed by atoms with van der Waals surface area (Å²) in [6.07, 6.45) is 3.32. The topological polar surface area (TPSA) is 153 Å². The van der Waals surface area contributed by atoms with E-state index in [2.05, 4.69) is 26.1 Å². The van der Waals surface area contributed by atoms with Crippen LogP contribution in [0.25, 0.3) is 0 Å². The third kappa shape index (κ3) is 9.47. The molecule has 30 heavy (non-hydrogen) atoms. The highest BCUT2D eigenvalue weighted by Crippen LogP contribution is 2.33. The number of hydrogen-bond donors (Lipinski definition) is 5. The number of nitrogens with two attached hydrogens (primary N) is 1. The zero-order valence-corrected chi connectivity index (χ0v) is 18.0. The summed E-state index contributed by atoms with van der Waals surface area (Å²) in [5.74, 6) is 5.48. The Labute approximate surface area is 180 Å². The summed E-state index contributed by atoms with van der Waals surface area (Å²) in [5.41, 5.74) is 0. The quantitative estimate of drug-likeness (QED) is 0.113. The highest BCUT2D eigenvalue weighted by Gasteiger charge is 2.42. The van der Waals surface area contributed by atoms with Crippen LogP contribution in [0.1, 0.15) is 25.7 Å². The molecule has 0 saturated carbocycles. The van der Waals surface area contributed by atoms with Crippen LogP contribution in [0.5, 0.6) is 0 Å². The molecule has 12 heteroatoms. The van der Waals surface area contributed by atoms with Gasteiger partial charge in [0.25, 0.3) is 0 Å². The van der Waals surface area contributed by atoms with E-state index in [1.54, 1.807) is 0 Å². The molecular weight excluding hydrogens is 414 g/mol. The van der Waals surface area contributed by atoms with Crippen molar-refractivity contribution in [2.24, 2.45) is 5.90 Å². The molecule has 4 amide bonds. The van der Waals surface area contributed by atoms with E-state index in [1.807, 2.05) is 11.8 Å². The van der Waals surface area contributed by atoms with Crippen molar-refractivity contribution in [3.63, 3.8) is 0 Å². The molecule has 0 radical (unpaired) electrons. The van der Waals surface area contributed by atoms with Crippen LogP contribution in [-0.2, 0) is 23.9 Å². The zero-order valence-electron chi connectivity index (χ0n) is 17.2. The van der Waals surface area contributed by atoms with Crippen LogP contribution in [0, 0.1) is 0 Å². The Morgan fingerprint density at radius 2 is 1.73 bits per heavy atom. The molecule has 2 rings (SSSR count). The van der Waals surface area contributed by atoms with Crippen molar-refractivity contribution >= 4 is 29.6 Å². The fraction of sp³-hybridized carbons (Fsp3) is 0.833. The first kappa shape index (κ1) is 24.7. The summed E-state index contributed by atoms with van der Waals surface area (Å²) in [6.45, 7) is 2.30. The van der Waals surface area contributed by atoms with Gasteiger partial charge in [-0.25, -0.2) is 10.7 Å². The van der Waals surface area contributed by atoms with Crippen molar-refractivity contribution < 1.29 is 28.7 Å². The monoisotopic (exact) mass is 447 g/mol. The predicted octanol–water partition coefficient (Wildman–Crippen LogP) is -1.13. The van der Waals surface area contributed by atoms with E-state index in [-0.39, 0.29) is 36.5 Å². The number of hydrogen-bond acceptors (Lipinski definition) is 8. The van der Waals surface area contributed by atoms with Gasteiger partial charge >= 0.3 is 6.03 Å². The van der Waals surface area contributed by atoms with E-state index >= 15 is 0 Å². The molecule has 11 nitrogen and oxygen atoms in total. The van der Waals surface area contributed by atoms with Crippen LogP contribution in [0.15, 0.2) is 0 Å². The van der Waals surface area contributed by atoms with Crippen LogP contribution >= 0.6 is 11.8 Å². The summed E-state index contributed by atoms with van der Waals surface area (Å²) in [5, 5.41) is 11.8. The lowest BCUT2D eigenvalue weighted by Gasteiger charge is -2.16. The molecule has 172 valence electrons. The average molecular weight is 448 g/mol. The molecule has 0 aromatic carbocycles. The molecule has 0 aromatic rings. The molecule has 0 aromatic heterocycles. The van der Waals surface area contributed by atoms with Crippen molar-refractivity contribution in [1.82, 2.24) is 21.3 Å². The van der Waals surface area contributed by atoms with Gasteiger partial charge in [-0.3, -0.25) is 14.4 Å². The summed E-state index contributed by atoms with van der Waals surface area (Å²) in [6, 6.07) is 0.409. The smallest absolute Gasteiger partial charge is 0.315 e. The van der Waals surface area contributed by atoms with E-state index in [0.29, 0.717) is 51.2 Å². The van der Waals surface area contributed by atoms with Crippen LogP contribution in [0.2, 0.25) is 0 Å². The number of carbonyl (C=O) groups excluding carboxylic acids is 3. The molecule has 2 saturated heterocycles. The molecule has 0 spiro atoms. The number of fused-ring (bicyclic) bond motifs is 1. The first-order valence-corrected chi connectivity index (χ1v) is 11.3. The van der Waals surface area contributed by atoms with Gasteiger partial charge in [-0.15, -0.1) is 0 Å². The van der Waals surface area contributed by atoms with Gasteiger partial charge in [-0.1, -0.05) is 6.42 Å². The first-order chi connectivity index (χ1) is 14.6. The number of amides is 4. The van der Waals surface area contributed by atoms with Crippen LogP contribution in [-0.4, -0.2) is 87.1 Å². The lowest BCUT2D eigenvalue weighted by Crippen LogP contribution is -2.36. The van der Waals surface area contributed by atoms with Gasteiger partial charge < -0.3 is 30.7 Å². The summed E-state index contributed by atoms with van der Waals surface area (Å²) in [4.78, 5) is 38.5. The van der Waals surface area contributed by atoms with E-state index in [4.69, 9.17) is 15.4 Å². The van der Waals surface area contributed by atoms with Crippen molar-refractivity contribution in [1.29, 1.82) is 0 Å². The largest absolute Gasteiger partial charge is 0.377 e. The Bertz CT molecular complexity index is 555. The lowest BCUT2D eigenvalue weighted by molar-refractivity contribution is -0.126. The number of thioether (sulfide) groups is 1. The Kier molecular flexibility index (Phi) is 11.9. The maximum absolute atomic E-state index is 11.9. The molecule has 2 aliphatic heterocycles. The van der Waals surface area contributed by atoms with Crippen molar-refractivity contribution in [3.05, 3.63) is 0 Å². The summed E-state index contributed by atoms with van der Waals surface area (Å²) in [7, 11) is 0. The van der Waals surface area contributed by atoms with Crippen molar-refractivity contribution in [2.75, 3.05) is 51.9 Å². The molecule has 0 aliphatic carbocycles. The summed E-state index contributed by atoms with van der Waals surface area (Å²) >= 11 is 1.89. The van der Waals surface area contributed by atoms with E-state index in [9.17, 15) is 14.4 Å². The molecule has 3 atom stereocenters. The fourth-order valence-electron chi connectivity index (χ4n) is 3.34. The van der Waals surface area contributed by atoms with Crippen LogP contribution < -0.4 is 27.2 Å². The second kappa shape index (κ2) is 14.4. The van der Waals surface area contributed by atoms with Gasteiger partial charge in [0.2, 0.25) is 11.8 Å². The van der Waals surface area contributed by atoms with E-state index in [1.165, 1.54) is 0 Å². The number of carbonyl (C=O) groups is 3. The third-order valence-corrected chi connectivity index (χ3v) is 6.31. The Balaban J connectivity index is 1.34. The first-order valence-electron chi connectivity index (χ1n) is 10.3. The molecule has 0 bridgehead atoms. The standard InChI is InChI=1S/C18H33N5O6S/c19-29-11-16(25)21-6-8-28-10-9-27-7-5-20-15(24)4-2-1-3-14-17-13(12-30-14)22-18(26)23-17/h13-14,17H,1-12,19H2,(H,20,24)(H,21,25)(H2,22,23,26)/t13-,14?,17-/m0/s1. The average Bonchev–Trinajstić information content (AvgIpc) is 3.26. The minimum Gasteiger partial charge on any atom is -0.377 e. The zero-order chi connectivity index (χ0) is 21.6. The number of ether oxygens (including phenoxy) is 2. The predicted molar refractivity (Wildman–Crippen MR) is 112 cm³/mol. The second-order valence-corrected chi connectivity index (χ2v) is 8.38. The number of unbranched alkanes of at least 4 members (excludes halogenated alkanes) is 1. The second-order valence-electron chi connectivity index (χ2n) is 7.10. The lowest BCUT2D eigenvalue weighted by atomic mass is 10.0. The normalized spacial score (nSPS) is 22.3. The number of urea groups is 1. The molecule has 2 heterocycles. The van der Waals surface area contributed by atoms with Gasteiger partial charge in [0, 0.05) is 30.5 Å². The molecule has 1 unspecified atom stereocenters. The van der Waals surface area contributed by atoms with Gasteiger partial charge in [0.05, 0.1) is 38.5 Å². The highest BCUT2D eigenvalue weighted by molar-refractivity contribution is 8.00. The minimum atomic E-state index is -0.293. The van der Waals surface area contributed by atoms with Crippen molar-refractivity contribution in [3.8, 4) is 0 Å². The molecule has 6 N–H and O–H groups in total. The number of nitrogens with one attached hydrogen (secondary N) is 4. The van der Waals surface area contributed by atoms with Crippen LogP contribution in [0.4, 0.5) is 4.79 Å².